The van der Waals surface area contributed by atoms with Crippen molar-refractivity contribution in [3.63, 3.8) is 0 Å². The van der Waals surface area contributed by atoms with Gasteiger partial charge in [0.05, 0.1) is 17.5 Å². The van der Waals surface area contributed by atoms with Crippen LogP contribution in [0.5, 0.6) is 0 Å². The molecule has 0 radical (unpaired) electrons. The highest BCUT2D eigenvalue weighted by Crippen LogP contribution is 2.16. The summed E-state index contributed by atoms with van der Waals surface area (Å²) in [6, 6.07) is 5.25. The van der Waals surface area contributed by atoms with E-state index in [1.54, 1.807) is 19.1 Å². The fraction of sp³-hybridized carbons (Fsp3) is 0.462. The number of methoxy groups -OCH3 is 1. The van der Waals surface area contributed by atoms with Crippen LogP contribution in [0.1, 0.15) is 18.5 Å². The Morgan fingerprint density at radius 1 is 1.33 bits per heavy atom. The lowest BCUT2D eigenvalue weighted by molar-refractivity contribution is -0.124. The molecule has 0 aliphatic heterocycles. The average Bonchev–Trinajstić information content (AvgIpc) is 2.47. The maximum absolute atomic E-state index is 11.8. The first-order chi connectivity index (χ1) is 9.81. The van der Waals surface area contributed by atoms with Gasteiger partial charge in [0.1, 0.15) is 6.04 Å². The van der Waals surface area contributed by atoms with Crippen LogP contribution >= 0.6 is 0 Å². The fourth-order valence-electron chi connectivity index (χ4n) is 1.71. The molecule has 7 nitrogen and oxygen atoms in total. The summed E-state index contributed by atoms with van der Waals surface area (Å²) in [5.74, 6) is -0.323. The predicted molar refractivity (Wildman–Crippen MR) is 79.1 cm³/mol. The lowest BCUT2D eigenvalue weighted by atomic mass is 10.1. The van der Waals surface area contributed by atoms with Gasteiger partial charge < -0.3 is 15.8 Å². The van der Waals surface area contributed by atoms with Gasteiger partial charge in [0, 0.05) is 7.11 Å². The summed E-state index contributed by atoms with van der Waals surface area (Å²) in [5, 5.41) is 2.74. The van der Waals surface area contributed by atoms with Crippen molar-refractivity contribution >= 4 is 15.9 Å². The van der Waals surface area contributed by atoms with Gasteiger partial charge in [-0.3, -0.25) is 4.79 Å². The summed E-state index contributed by atoms with van der Waals surface area (Å²) in [7, 11) is -0.638. The van der Waals surface area contributed by atoms with Crippen LogP contribution in [-0.2, 0) is 19.6 Å². The quantitative estimate of drug-likeness (QED) is 0.642. The van der Waals surface area contributed by atoms with Gasteiger partial charge in [-0.25, -0.2) is 13.1 Å². The van der Waals surface area contributed by atoms with E-state index >= 15 is 0 Å². The minimum Gasteiger partial charge on any atom is -0.383 e. The number of benzene rings is 1. The van der Waals surface area contributed by atoms with Gasteiger partial charge in [0.2, 0.25) is 15.9 Å². The Bertz CT molecular complexity index is 572. The van der Waals surface area contributed by atoms with Crippen LogP contribution in [0, 0.1) is 0 Å². The van der Waals surface area contributed by atoms with Crippen LogP contribution in [0.2, 0.25) is 0 Å². The summed E-state index contributed by atoms with van der Waals surface area (Å²) >= 11 is 0. The maximum Gasteiger partial charge on any atom is 0.240 e. The standard InChI is InChI=1S/C13H21N3O4S/c1-9(16-13(17)12(14)8-20-3)10-4-6-11(7-5-10)21(18,19)15-2/h4-7,9,12,15H,8,14H2,1-3H3,(H,16,17). The van der Waals surface area contributed by atoms with E-state index in [-0.39, 0.29) is 23.5 Å². The molecule has 0 aliphatic rings. The van der Waals surface area contributed by atoms with E-state index in [1.807, 2.05) is 0 Å². The number of nitrogens with two attached hydrogens (primary N) is 1. The second-order valence-electron chi connectivity index (χ2n) is 4.57. The molecule has 2 unspecified atom stereocenters. The molecule has 0 heterocycles. The lowest BCUT2D eigenvalue weighted by Gasteiger charge is -2.17. The highest BCUT2D eigenvalue weighted by atomic mass is 32.2. The molecule has 2 atom stereocenters. The molecule has 4 N–H and O–H groups in total. The molecule has 1 aromatic rings. The number of sulfonamides is 1. The van der Waals surface area contributed by atoms with Crippen molar-refractivity contribution in [1.29, 1.82) is 0 Å². The molecule has 0 saturated carbocycles. The van der Waals surface area contributed by atoms with Crippen LogP contribution in [0.25, 0.3) is 0 Å². The smallest absolute Gasteiger partial charge is 0.240 e. The molecule has 0 aromatic heterocycles. The number of rotatable bonds is 7. The van der Waals surface area contributed by atoms with Crippen molar-refractivity contribution in [1.82, 2.24) is 10.0 Å². The zero-order valence-corrected chi connectivity index (χ0v) is 13.1. The Labute approximate surface area is 124 Å². The number of nitrogens with one attached hydrogen (secondary N) is 2. The largest absolute Gasteiger partial charge is 0.383 e. The summed E-state index contributed by atoms with van der Waals surface area (Å²) in [6.45, 7) is 1.93. The first-order valence-electron chi connectivity index (χ1n) is 6.40. The van der Waals surface area contributed by atoms with E-state index in [0.29, 0.717) is 0 Å². The molecular weight excluding hydrogens is 294 g/mol. The third-order valence-electron chi connectivity index (χ3n) is 3.00. The number of hydrogen-bond donors (Lipinski definition) is 3. The highest BCUT2D eigenvalue weighted by Gasteiger charge is 2.17. The molecule has 21 heavy (non-hydrogen) atoms. The van der Waals surface area contributed by atoms with E-state index in [1.165, 1.54) is 26.3 Å². The van der Waals surface area contributed by atoms with Crippen LogP contribution in [0.4, 0.5) is 0 Å². The summed E-state index contributed by atoms with van der Waals surface area (Å²) in [5.41, 5.74) is 6.41. The lowest BCUT2D eigenvalue weighted by Crippen LogP contribution is -2.44. The summed E-state index contributed by atoms with van der Waals surface area (Å²) in [4.78, 5) is 11.9. The first-order valence-corrected chi connectivity index (χ1v) is 7.88. The number of hydrogen-bond acceptors (Lipinski definition) is 5. The van der Waals surface area contributed by atoms with Gasteiger partial charge in [0.25, 0.3) is 0 Å². The van der Waals surface area contributed by atoms with Gasteiger partial charge in [-0.15, -0.1) is 0 Å². The zero-order valence-electron chi connectivity index (χ0n) is 12.3. The normalized spacial score (nSPS) is 14.5. The molecule has 0 spiro atoms. The molecule has 1 rings (SSSR count). The maximum atomic E-state index is 11.8. The molecule has 118 valence electrons. The third-order valence-corrected chi connectivity index (χ3v) is 4.43. The Hall–Kier alpha value is -1.48. The number of amides is 1. The SMILES string of the molecule is CNS(=O)(=O)c1ccc(C(C)NC(=O)C(N)COC)cc1. The second kappa shape index (κ2) is 7.51. The second-order valence-corrected chi connectivity index (χ2v) is 6.46. The average molecular weight is 315 g/mol. The molecule has 1 amide bonds. The van der Waals surface area contributed by atoms with E-state index in [9.17, 15) is 13.2 Å². The third kappa shape index (κ3) is 4.78. The van der Waals surface area contributed by atoms with Gasteiger partial charge in [0.15, 0.2) is 0 Å². The van der Waals surface area contributed by atoms with Gasteiger partial charge in [-0.1, -0.05) is 12.1 Å². The number of carbonyl (C=O) groups is 1. The molecule has 0 aliphatic carbocycles. The molecule has 8 heteroatoms. The van der Waals surface area contributed by atoms with Crippen LogP contribution < -0.4 is 15.8 Å². The Morgan fingerprint density at radius 3 is 2.38 bits per heavy atom. The van der Waals surface area contributed by atoms with Gasteiger partial charge >= 0.3 is 0 Å². The fourth-order valence-corrected chi connectivity index (χ4v) is 2.44. The number of carbonyl (C=O) groups excluding carboxylic acids is 1. The van der Waals surface area contributed by atoms with Crippen LogP contribution in [0.15, 0.2) is 29.2 Å². The molecule has 0 bridgehead atoms. The Kier molecular flexibility index (Phi) is 6.28. The van der Waals surface area contributed by atoms with Crippen molar-refractivity contribution in [3.8, 4) is 0 Å². The minimum absolute atomic E-state index is 0.137. The minimum atomic E-state index is -3.46. The predicted octanol–water partition coefficient (Wildman–Crippen LogP) is -0.254. The van der Waals surface area contributed by atoms with Crippen molar-refractivity contribution in [2.75, 3.05) is 20.8 Å². The van der Waals surface area contributed by atoms with Gasteiger partial charge in [-0.2, -0.15) is 0 Å². The topological polar surface area (TPSA) is 111 Å². The molecule has 1 aromatic carbocycles. The Balaban J connectivity index is 2.76. The van der Waals surface area contributed by atoms with E-state index in [2.05, 4.69) is 10.0 Å². The van der Waals surface area contributed by atoms with Crippen molar-refractivity contribution < 1.29 is 17.9 Å². The van der Waals surface area contributed by atoms with E-state index in [0.717, 1.165) is 5.56 Å². The van der Waals surface area contributed by atoms with E-state index < -0.39 is 16.1 Å². The first kappa shape index (κ1) is 17.6. The van der Waals surface area contributed by atoms with Crippen molar-refractivity contribution in [2.24, 2.45) is 5.73 Å². The monoisotopic (exact) mass is 315 g/mol. The number of ether oxygens (including phenoxy) is 1. The van der Waals surface area contributed by atoms with E-state index in [4.69, 9.17) is 10.5 Å². The molecule has 0 fully saturated rings. The summed E-state index contributed by atoms with van der Waals surface area (Å²) in [6.07, 6.45) is 0. The van der Waals surface area contributed by atoms with Crippen LogP contribution in [-0.4, -0.2) is 41.1 Å². The van der Waals surface area contributed by atoms with Gasteiger partial charge in [-0.05, 0) is 31.7 Å². The van der Waals surface area contributed by atoms with Crippen LogP contribution in [0.3, 0.4) is 0 Å². The molecule has 0 saturated heterocycles. The zero-order chi connectivity index (χ0) is 16.0. The highest BCUT2D eigenvalue weighted by molar-refractivity contribution is 7.89. The van der Waals surface area contributed by atoms with Crippen molar-refractivity contribution in [3.05, 3.63) is 29.8 Å². The molecular formula is C13H21N3O4S. The van der Waals surface area contributed by atoms with Crippen molar-refractivity contribution in [2.45, 2.75) is 23.9 Å². The Morgan fingerprint density at radius 2 is 1.90 bits per heavy atom. The summed E-state index contributed by atoms with van der Waals surface area (Å²) < 4.78 is 30.3.